The Kier molecular flexibility index (Phi) is 5.36. The molecule has 1 aromatic heterocycles. The molecule has 8 nitrogen and oxygen atoms in total. The average molecular weight is 392 g/mol. The van der Waals surface area contributed by atoms with Crippen LogP contribution in [0.1, 0.15) is 5.56 Å². The standard InChI is InChI=1S/C18H18ClN3O5/c1-3-5-20-16(23)21(6-4-2)18(25)22(17(20)24)11-12-9-13(19)15-14(10-12)26-7-8-27-15/h3-4,9-10H,1-2,5-8,11H2. The van der Waals surface area contributed by atoms with Crippen LogP contribution in [0.25, 0.3) is 0 Å². The average Bonchev–Trinajstić information content (AvgIpc) is 2.66. The maximum atomic E-state index is 12.7. The molecule has 0 unspecified atom stereocenters. The number of aromatic nitrogens is 3. The Morgan fingerprint density at radius 2 is 1.48 bits per heavy atom. The maximum absolute atomic E-state index is 12.7. The van der Waals surface area contributed by atoms with Crippen molar-refractivity contribution in [1.29, 1.82) is 0 Å². The number of halogens is 1. The molecule has 0 bridgehead atoms. The number of nitrogens with zero attached hydrogens (tertiary/aromatic N) is 3. The lowest BCUT2D eigenvalue weighted by molar-refractivity contribution is 0.171. The second kappa shape index (κ2) is 7.71. The number of fused-ring (bicyclic) bond motifs is 1. The summed E-state index contributed by atoms with van der Waals surface area (Å²) in [6.45, 7) is 7.75. The van der Waals surface area contributed by atoms with E-state index in [0.717, 1.165) is 13.7 Å². The summed E-state index contributed by atoms with van der Waals surface area (Å²) >= 11 is 6.22. The van der Waals surface area contributed by atoms with Crippen molar-refractivity contribution < 1.29 is 9.47 Å². The highest BCUT2D eigenvalue weighted by molar-refractivity contribution is 6.32. The Labute approximate surface area is 159 Å². The van der Waals surface area contributed by atoms with Crippen LogP contribution in [-0.4, -0.2) is 26.9 Å². The van der Waals surface area contributed by atoms with Gasteiger partial charge in [0.15, 0.2) is 11.5 Å². The van der Waals surface area contributed by atoms with Gasteiger partial charge < -0.3 is 9.47 Å². The first-order valence-corrected chi connectivity index (χ1v) is 8.60. The van der Waals surface area contributed by atoms with Gasteiger partial charge in [0.25, 0.3) is 0 Å². The molecule has 0 atom stereocenters. The molecule has 0 radical (unpaired) electrons. The van der Waals surface area contributed by atoms with Crippen molar-refractivity contribution in [2.24, 2.45) is 0 Å². The van der Waals surface area contributed by atoms with Gasteiger partial charge in [-0.15, -0.1) is 13.2 Å². The first-order valence-electron chi connectivity index (χ1n) is 8.22. The van der Waals surface area contributed by atoms with E-state index in [9.17, 15) is 14.4 Å². The van der Waals surface area contributed by atoms with E-state index in [4.69, 9.17) is 21.1 Å². The largest absolute Gasteiger partial charge is 0.486 e. The van der Waals surface area contributed by atoms with E-state index in [1.807, 2.05) is 0 Å². The molecule has 0 saturated carbocycles. The van der Waals surface area contributed by atoms with E-state index in [0.29, 0.717) is 35.3 Å². The summed E-state index contributed by atoms with van der Waals surface area (Å²) in [4.78, 5) is 37.8. The highest BCUT2D eigenvalue weighted by atomic mass is 35.5. The van der Waals surface area contributed by atoms with Crippen molar-refractivity contribution in [2.75, 3.05) is 13.2 Å². The first kappa shape index (κ1) is 18.8. The Hall–Kier alpha value is -3.00. The van der Waals surface area contributed by atoms with Gasteiger partial charge >= 0.3 is 17.1 Å². The van der Waals surface area contributed by atoms with Crippen LogP contribution in [0.5, 0.6) is 11.5 Å². The van der Waals surface area contributed by atoms with E-state index < -0.39 is 17.1 Å². The summed E-state index contributed by atoms with van der Waals surface area (Å²) in [5.41, 5.74) is -1.59. The van der Waals surface area contributed by atoms with Crippen molar-refractivity contribution in [3.63, 3.8) is 0 Å². The molecule has 1 aromatic carbocycles. The highest BCUT2D eigenvalue weighted by Gasteiger charge is 2.19. The molecule has 1 aliphatic rings. The Morgan fingerprint density at radius 1 is 0.926 bits per heavy atom. The van der Waals surface area contributed by atoms with Crippen LogP contribution >= 0.6 is 11.6 Å². The molecule has 0 aliphatic carbocycles. The minimum atomic E-state index is -0.726. The van der Waals surface area contributed by atoms with Crippen molar-refractivity contribution in [2.45, 2.75) is 19.6 Å². The van der Waals surface area contributed by atoms with Crippen LogP contribution in [0.4, 0.5) is 0 Å². The van der Waals surface area contributed by atoms with E-state index in [2.05, 4.69) is 13.2 Å². The summed E-state index contributed by atoms with van der Waals surface area (Å²) < 4.78 is 13.8. The zero-order valence-corrected chi connectivity index (χ0v) is 15.3. The molecular weight excluding hydrogens is 374 g/mol. The topological polar surface area (TPSA) is 84.5 Å². The van der Waals surface area contributed by atoms with Gasteiger partial charge in [-0.3, -0.25) is 0 Å². The van der Waals surface area contributed by atoms with Gasteiger partial charge in [-0.05, 0) is 17.7 Å². The van der Waals surface area contributed by atoms with Gasteiger partial charge in [-0.25, -0.2) is 28.1 Å². The fourth-order valence-electron chi connectivity index (χ4n) is 2.83. The molecule has 0 fully saturated rings. The minimum absolute atomic E-state index is 0.0169. The molecule has 2 heterocycles. The first-order chi connectivity index (χ1) is 13.0. The van der Waals surface area contributed by atoms with E-state index in [1.54, 1.807) is 12.1 Å². The summed E-state index contributed by atoms with van der Waals surface area (Å²) in [5.74, 6) is 0.877. The van der Waals surface area contributed by atoms with Crippen LogP contribution < -0.4 is 26.5 Å². The Bertz CT molecular complexity index is 1030. The van der Waals surface area contributed by atoms with Crippen molar-refractivity contribution in [3.8, 4) is 11.5 Å². The molecule has 27 heavy (non-hydrogen) atoms. The smallest absolute Gasteiger partial charge is 0.336 e. The molecule has 1 aliphatic heterocycles. The van der Waals surface area contributed by atoms with Crippen LogP contribution in [0.2, 0.25) is 5.02 Å². The summed E-state index contributed by atoms with van der Waals surface area (Å²) in [6.07, 6.45) is 2.83. The molecule has 3 rings (SSSR count). The van der Waals surface area contributed by atoms with Gasteiger partial charge in [0, 0.05) is 0 Å². The third-order valence-electron chi connectivity index (χ3n) is 4.01. The van der Waals surface area contributed by atoms with Crippen LogP contribution in [0.3, 0.4) is 0 Å². The summed E-state index contributed by atoms with van der Waals surface area (Å²) in [7, 11) is 0. The lowest BCUT2D eigenvalue weighted by Crippen LogP contribution is -2.54. The van der Waals surface area contributed by atoms with Gasteiger partial charge in [0.1, 0.15) is 13.2 Å². The zero-order valence-electron chi connectivity index (χ0n) is 14.5. The second-order valence-electron chi connectivity index (χ2n) is 5.83. The lowest BCUT2D eigenvalue weighted by Gasteiger charge is -2.20. The molecule has 142 valence electrons. The van der Waals surface area contributed by atoms with Crippen molar-refractivity contribution >= 4 is 11.6 Å². The fourth-order valence-corrected chi connectivity index (χ4v) is 3.11. The molecule has 9 heteroatoms. The third-order valence-corrected chi connectivity index (χ3v) is 4.29. The van der Waals surface area contributed by atoms with E-state index in [-0.39, 0.29) is 19.6 Å². The van der Waals surface area contributed by atoms with Crippen LogP contribution in [0, 0.1) is 0 Å². The Balaban J connectivity index is 2.14. The van der Waals surface area contributed by atoms with Gasteiger partial charge in [-0.1, -0.05) is 23.8 Å². The van der Waals surface area contributed by atoms with Gasteiger partial charge in [0.05, 0.1) is 24.7 Å². The van der Waals surface area contributed by atoms with E-state index >= 15 is 0 Å². The quantitative estimate of drug-likeness (QED) is 0.686. The molecule has 0 N–H and O–H groups in total. The van der Waals surface area contributed by atoms with E-state index in [1.165, 1.54) is 12.2 Å². The monoisotopic (exact) mass is 391 g/mol. The second-order valence-corrected chi connectivity index (χ2v) is 6.24. The molecule has 0 saturated heterocycles. The summed E-state index contributed by atoms with van der Waals surface area (Å²) in [5, 5.41) is 0.320. The highest BCUT2D eigenvalue weighted by Crippen LogP contribution is 2.38. The summed E-state index contributed by atoms with van der Waals surface area (Å²) in [6, 6.07) is 3.26. The lowest BCUT2D eigenvalue weighted by atomic mass is 10.2. The predicted octanol–water partition coefficient (Wildman–Crippen LogP) is 1.02. The van der Waals surface area contributed by atoms with Gasteiger partial charge in [-0.2, -0.15) is 0 Å². The molecular formula is C18H18ClN3O5. The normalized spacial score (nSPS) is 12.6. The van der Waals surface area contributed by atoms with Crippen molar-refractivity contribution in [1.82, 2.24) is 13.7 Å². The van der Waals surface area contributed by atoms with Crippen LogP contribution in [-0.2, 0) is 19.6 Å². The number of benzene rings is 1. The van der Waals surface area contributed by atoms with Crippen LogP contribution in [0.15, 0.2) is 51.8 Å². The number of hydrogen-bond acceptors (Lipinski definition) is 5. The van der Waals surface area contributed by atoms with Gasteiger partial charge in [0.2, 0.25) is 0 Å². The zero-order chi connectivity index (χ0) is 19.6. The fraction of sp³-hybridized carbons (Fsp3) is 0.278. The predicted molar refractivity (Wildman–Crippen MR) is 101 cm³/mol. The van der Waals surface area contributed by atoms with Crippen molar-refractivity contribution in [3.05, 3.63) is 79.5 Å². The number of hydrogen-bond donors (Lipinski definition) is 0. The minimum Gasteiger partial charge on any atom is -0.486 e. The molecule has 0 amide bonds. The number of rotatable bonds is 6. The third kappa shape index (κ3) is 3.48. The Morgan fingerprint density at radius 3 is 2.07 bits per heavy atom. The number of ether oxygens (including phenoxy) is 2. The molecule has 2 aromatic rings. The SMILES string of the molecule is C=CCn1c(=O)n(CC=C)c(=O)n(Cc2cc(Cl)c3c(c2)OCCO3)c1=O. The molecule has 0 spiro atoms. The number of allylic oxidation sites excluding steroid dienone is 2. The maximum Gasteiger partial charge on any atom is 0.336 e.